The number of esters is 1. The molecule has 1 heterocycles. The summed E-state index contributed by atoms with van der Waals surface area (Å²) < 4.78 is 18.5. The number of hydrogen-bond acceptors (Lipinski definition) is 4. The Hall–Kier alpha value is -2.01. The fourth-order valence-corrected chi connectivity index (χ4v) is 3.43. The molecule has 0 saturated carbocycles. The lowest BCUT2D eigenvalue weighted by atomic mass is 9.95. The fraction of sp³-hybridized carbons (Fsp3) is 0.571. The van der Waals surface area contributed by atoms with E-state index < -0.39 is 0 Å². The zero-order chi connectivity index (χ0) is 19.4. The molecule has 1 aromatic carbocycles. The Kier molecular flexibility index (Phi) is 6.70. The number of ether oxygens (including phenoxy) is 3. The van der Waals surface area contributed by atoms with Crippen molar-refractivity contribution < 1.29 is 19.0 Å². The van der Waals surface area contributed by atoms with E-state index in [2.05, 4.69) is 27.7 Å². The number of nitrogens with zero attached hydrogens (tertiary/aromatic N) is 1. The van der Waals surface area contributed by atoms with Crippen molar-refractivity contribution in [2.75, 3.05) is 14.2 Å². The minimum Gasteiger partial charge on any atom is -0.497 e. The van der Waals surface area contributed by atoms with Crippen LogP contribution >= 0.6 is 0 Å². The first-order valence-electron chi connectivity index (χ1n) is 9.16. The van der Waals surface area contributed by atoms with Crippen molar-refractivity contribution in [1.82, 2.24) is 4.57 Å². The lowest BCUT2D eigenvalue weighted by molar-refractivity contribution is -0.155. The Morgan fingerprint density at radius 2 is 1.73 bits per heavy atom. The predicted molar refractivity (Wildman–Crippen MR) is 103 cm³/mol. The topological polar surface area (TPSA) is 49.7 Å². The standard InChI is InChI=1S/C21H31NO4/c1-13(2)20(14(3)4)26-21(23)15(5)18-11-22(12-24-6)19-9-8-16(25-7)10-17(18)19/h8-11,13-15,20H,12H2,1-7H3/t15-/m1/s1. The Morgan fingerprint density at radius 3 is 2.27 bits per heavy atom. The van der Waals surface area contributed by atoms with Crippen molar-refractivity contribution >= 4 is 16.9 Å². The number of aromatic nitrogens is 1. The molecular formula is C21H31NO4. The summed E-state index contributed by atoms with van der Waals surface area (Å²) in [5.41, 5.74) is 1.93. The van der Waals surface area contributed by atoms with Crippen molar-refractivity contribution in [3.05, 3.63) is 30.0 Å². The molecule has 0 unspecified atom stereocenters. The number of methoxy groups -OCH3 is 2. The van der Waals surface area contributed by atoms with Gasteiger partial charge in [-0.15, -0.1) is 0 Å². The van der Waals surface area contributed by atoms with Gasteiger partial charge in [-0.25, -0.2) is 0 Å². The summed E-state index contributed by atoms with van der Waals surface area (Å²) in [7, 11) is 3.29. The normalized spacial score (nSPS) is 13.0. The second-order valence-corrected chi connectivity index (χ2v) is 7.47. The zero-order valence-electron chi connectivity index (χ0n) is 16.9. The first kappa shape index (κ1) is 20.3. The quantitative estimate of drug-likeness (QED) is 0.646. The highest BCUT2D eigenvalue weighted by molar-refractivity contribution is 5.91. The molecule has 0 spiro atoms. The number of benzene rings is 1. The number of carbonyl (C=O) groups is 1. The fourth-order valence-electron chi connectivity index (χ4n) is 3.43. The highest BCUT2D eigenvalue weighted by atomic mass is 16.5. The van der Waals surface area contributed by atoms with Crippen molar-refractivity contribution in [3.63, 3.8) is 0 Å². The van der Waals surface area contributed by atoms with Gasteiger partial charge in [0, 0.05) is 18.7 Å². The summed E-state index contributed by atoms with van der Waals surface area (Å²) >= 11 is 0. The first-order valence-corrected chi connectivity index (χ1v) is 9.16. The minimum atomic E-state index is -0.372. The second kappa shape index (κ2) is 8.58. The summed E-state index contributed by atoms with van der Waals surface area (Å²) in [4.78, 5) is 12.8. The summed E-state index contributed by atoms with van der Waals surface area (Å²) in [6, 6.07) is 5.86. The van der Waals surface area contributed by atoms with Crippen molar-refractivity contribution in [3.8, 4) is 5.75 Å². The molecule has 144 valence electrons. The molecule has 0 aliphatic rings. The van der Waals surface area contributed by atoms with Gasteiger partial charge in [0.25, 0.3) is 0 Å². The van der Waals surface area contributed by atoms with Crippen LogP contribution < -0.4 is 4.74 Å². The maximum absolute atomic E-state index is 12.8. The van der Waals surface area contributed by atoms with E-state index in [1.807, 2.05) is 35.9 Å². The number of rotatable bonds is 8. The van der Waals surface area contributed by atoms with Gasteiger partial charge in [-0.2, -0.15) is 0 Å². The van der Waals surface area contributed by atoms with Crippen molar-refractivity contribution in [1.29, 1.82) is 0 Å². The van der Waals surface area contributed by atoms with Crippen LogP contribution in [0, 0.1) is 11.8 Å². The Balaban J connectivity index is 2.39. The molecule has 26 heavy (non-hydrogen) atoms. The van der Waals surface area contributed by atoms with Gasteiger partial charge in [0.05, 0.1) is 18.5 Å². The molecule has 5 heteroatoms. The molecule has 0 radical (unpaired) electrons. The molecular weight excluding hydrogens is 330 g/mol. The molecule has 0 fully saturated rings. The van der Waals surface area contributed by atoms with Crippen LogP contribution in [0.1, 0.15) is 46.1 Å². The maximum Gasteiger partial charge on any atom is 0.313 e. The van der Waals surface area contributed by atoms with Crippen LogP contribution in [0.5, 0.6) is 5.75 Å². The first-order chi connectivity index (χ1) is 12.3. The van der Waals surface area contributed by atoms with E-state index in [4.69, 9.17) is 14.2 Å². The molecule has 0 saturated heterocycles. The Bertz CT molecular complexity index is 740. The van der Waals surface area contributed by atoms with Gasteiger partial charge in [0.2, 0.25) is 0 Å². The van der Waals surface area contributed by atoms with E-state index in [9.17, 15) is 4.79 Å². The van der Waals surface area contributed by atoms with Crippen LogP contribution in [0.4, 0.5) is 0 Å². The third kappa shape index (κ3) is 4.21. The maximum atomic E-state index is 12.8. The smallest absolute Gasteiger partial charge is 0.313 e. The summed E-state index contributed by atoms with van der Waals surface area (Å²) in [5.74, 6) is 0.748. The van der Waals surface area contributed by atoms with E-state index >= 15 is 0 Å². The highest BCUT2D eigenvalue weighted by Crippen LogP contribution is 2.32. The molecule has 1 aromatic heterocycles. The van der Waals surface area contributed by atoms with Crippen LogP contribution in [-0.2, 0) is 21.0 Å². The zero-order valence-corrected chi connectivity index (χ0v) is 16.9. The summed E-state index contributed by atoms with van der Waals surface area (Å²) in [6.45, 7) is 10.6. The van der Waals surface area contributed by atoms with Gasteiger partial charge < -0.3 is 18.8 Å². The average Bonchev–Trinajstić information content (AvgIpc) is 2.96. The highest BCUT2D eigenvalue weighted by Gasteiger charge is 2.27. The van der Waals surface area contributed by atoms with E-state index in [0.29, 0.717) is 6.73 Å². The SMILES string of the molecule is COCn1cc([C@@H](C)C(=O)OC(C(C)C)C(C)C)c2cc(OC)ccc21. The molecule has 5 nitrogen and oxygen atoms in total. The van der Waals surface area contributed by atoms with Gasteiger partial charge in [-0.05, 0) is 42.5 Å². The molecule has 0 amide bonds. The minimum absolute atomic E-state index is 0.0909. The van der Waals surface area contributed by atoms with Gasteiger partial charge in [-0.3, -0.25) is 4.79 Å². The number of hydrogen-bond donors (Lipinski definition) is 0. The van der Waals surface area contributed by atoms with E-state index in [-0.39, 0.29) is 29.8 Å². The monoisotopic (exact) mass is 361 g/mol. The van der Waals surface area contributed by atoms with Gasteiger partial charge in [-0.1, -0.05) is 27.7 Å². The van der Waals surface area contributed by atoms with Gasteiger partial charge in [0.15, 0.2) is 0 Å². The average molecular weight is 361 g/mol. The van der Waals surface area contributed by atoms with E-state index in [0.717, 1.165) is 22.2 Å². The van der Waals surface area contributed by atoms with Crippen molar-refractivity contribution in [2.24, 2.45) is 11.8 Å². The lowest BCUT2D eigenvalue weighted by Gasteiger charge is -2.26. The van der Waals surface area contributed by atoms with Gasteiger partial charge >= 0.3 is 5.97 Å². The predicted octanol–water partition coefficient (Wildman–Crippen LogP) is 4.58. The van der Waals surface area contributed by atoms with Gasteiger partial charge in [0.1, 0.15) is 18.6 Å². The largest absolute Gasteiger partial charge is 0.497 e. The van der Waals surface area contributed by atoms with E-state index in [1.165, 1.54) is 0 Å². The second-order valence-electron chi connectivity index (χ2n) is 7.47. The Labute approximate surface area is 156 Å². The lowest BCUT2D eigenvalue weighted by Crippen LogP contribution is -2.30. The molecule has 1 atom stereocenters. The molecule has 0 aliphatic heterocycles. The van der Waals surface area contributed by atoms with Crippen molar-refractivity contribution in [2.45, 2.75) is 53.4 Å². The van der Waals surface area contributed by atoms with Crippen LogP contribution in [-0.4, -0.2) is 30.9 Å². The molecule has 2 rings (SSSR count). The summed E-state index contributed by atoms with van der Waals surface area (Å²) in [5, 5.41) is 0.983. The molecule has 2 aromatic rings. The Morgan fingerprint density at radius 1 is 1.08 bits per heavy atom. The van der Waals surface area contributed by atoms with Crippen LogP contribution in [0.15, 0.2) is 24.4 Å². The number of carbonyl (C=O) groups excluding carboxylic acids is 1. The number of fused-ring (bicyclic) bond motifs is 1. The third-order valence-electron chi connectivity index (χ3n) is 4.77. The molecule has 0 bridgehead atoms. The summed E-state index contributed by atoms with van der Waals surface area (Å²) in [6.07, 6.45) is 1.88. The van der Waals surface area contributed by atoms with Crippen LogP contribution in [0.3, 0.4) is 0 Å². The third-order valence-corrected chi connectivity index (χ3v) is 4.77. The van der Waals surface area contributed by atoms with Crippen LogP contribution in [0.2, 0.25) is 0 Å². The molecule has 0 N–H and O–H groups in total. The van der Waals surface area contributed by atoms with E-state index in [1.54, 1.807) is 14.2 Å². The molecule has 0 aliphatic carbocycles. The van der Waals surface area contributed by atoms with Crippen LogP contribution in [0.25, 0.3) is 10.9 Å².